The average molecular weight is 930 g/mol. The lowest BCUT2D eigenvalue weighted by Gasteiger charge is -2.29. The van der Waals surface area contributed by atoms with E-state index in [-0.39, 0.29) is 18.6 Å². The van der Waals surface area contributed by atoms with Gasteiger partial charge >= 0.3 is 5.97 Å². The van der Waals surface area contributed by atoms with E-state index in [0.717, 1.165) is 0 Å². The standard InChI is InChI=1S/C41H55N9O14S/c1-20(2)33(50-38(61)29(18-52)48-36(59)26(15-32(55)56)44-31(54)16-42)40(63)49-30-19-65-41(64)27(14-22-7-5-4-6-8-22)46-35(58)25(13-23-9-11-24(53)12-10-23)45-37(60)28(17-51)47-34(57)21(3)43-39(30)62/h4-12,20-21,25-30,33,51-53H,13-19,42H2,1-3H3,(H,43,62)(H,44,54)(H,45,60)(H,46,58)(H,47,57)(H,48,59)(H,49,63)(H,50,61)(H,55,56)/t21-,25-,26-,27-,28-,29-,30-,33-/m0/s1. The average Bonchev–Trinajstić information content (AvgIpc) is 3.26. The lowest BCUT2D eigenvalue weighted by Crippen LogP contribution is -2.62. The number of phenolic OH excluding ortho intramolecular Hbond substituents is 1. The van der Waals surface area contributed by atoms with E-state index >= 15 is 0 Å². The topological polar surface area (TPSA) is 374 Å². The maximum absolute atomic E-state index is 14.1. The summed E-state index contributed by atoms with van der Waals surface area (Å²) in [6.07, 6.45) is -1.12. The van der Waals surface area contributed by atoms with Gasteiger partial charge in [-0.25, -0.2) is 0 Å². The van der Waals surface area contributed by atoms with E-state index in [2.05, 4.69) is 42.5 Å². The Kier molecular flexibility index (Phi) is 20.8. The summed E-state index contributed by atoms with van der Waals surface area (Å²) in [6, 6.07) is 1.98. The monoisotopic (exact) mass is 929 g/mol. The number of thioether (sulfide) groups is 1. The highest BCUT2D eigenvalue weighted by Crippen LogP contribution is 2.16. The zero-order valence-electron chi connectivity index (χ0n) is 35.7. The lowest BCUT2D eigenvalue weighted by molar-refractivity contribution is -0.141. The molecule has 65 heavy (non-hydrogen) atoms. The van der Waals surface area contributed by atoms with E-state index in [0.29, 0.717) is 22.9 Å². The molecule has 8 atom stereocenters. The minimum Gasteiger partial charge on any atom is -0.508 e. The largest absolute Gasteiger partial charge is 0.508 e. The normalized spacial score (nSPS) is 21.3. The molecule has 8 amide bonds. The van der Waals surface area contributed by atoms with Gasteiger partial charge in [0.1, 0.15) is 54.1 Å². The summed E-state index contributed by atoms with van der Waals surface area (Å²) in [6.45, 7) is 1.67. The molecule has 2 aromatic carbocycles. The Labute approximate surface area is 377 Å². The van der Waals surface area contributed by atoms with Crippen molar-refractivity contribution in [1.29, 1.82) is 0 Å². The molecule has 0 bridgehead atoms. The third-order valence-corrected chi connectivity index (χ3v) is 10.8. The number of aliphatic hydroxyl groups is 2. The highest BCUT2D eigenvalue weighted by molar-refractivity contribution is 8.13. The highest BCUT2D eigenvalue weighted by atomic mass is 32.2. The van der Waals surface area contributed by atoms with E-state index < -0.39 is 145 Å². The number of phenols is 1. The molecule has 2 aromatic rings. The number of nitrogens with two attached hydrogens (primary N) is 1. The second-order valence-electron chi connectivity index (χ2n) is 15.2. The lowest BCUT2D eigenvalue weighted by atomic mass is 10.0. The summed E-state index contributed by atoms with van der Waals surface area (Å²) in [5, 5.41) is 57.4. The third-order valence-electron chi connectivity index (χ3n) is 9.76. The van der Waals surface area contributed by atoms with Gasteiger partial charge in [0.05, 0.1) is 26.2 Å². The SMILES string of the molecule is CC(C)[C@H](NC(=O)[C@H](CO)NC(=O)[C@H](CC(=O)O)NC(=O)CN)C(=O)N[C@H]1CSC(=O)[C@H](Cc2ccccc2)NC(=O)[C@H](Cc2ccc(O)cc2)NC(=O)[C@H](CO)NC(=O)[C@H](C)NC1=O. The number of nitrogens with one attached hydrogen (secondary N) is 8. The van der Waals surface area contributed by atoms with Crippen LogP contribution in [0.3, 0.4) is 0 Å². The van der Waals surface area contributed by atoms with Crippen molar-refractivity contribution in [2.24, 2.45) is 11.7 Å². The predicted molar refractivity (Wildman–Crippen MR) is 231 cm³/mol. The van der Waals surface area contributed by atoms with Crippen LogP contribution in [0.25, 0.3) is 0 Å². The fourth-order valence-electron chi connectivity index (χ4n) is 6.14. The molecule has 1 heterocycles. The van der Waals surface area contributed by atoms with Crippen LogP contribution in [0, 0.1) is 5.92 Å². The van der Waals surface area contributed by atoms with Gasteiger partial charge in [0.15, 0.2) is 0 Å². The van der Waals surface area contributed by atoms with Crippen LogP contribution in [0.15, 0.2) is 54.6 Å². The van der Waals surface area contributed by atoms with Gasteiger partial charge in [0, 0.05) is 18.6 Å². The Morgan fingerprint density at radius 3 is 1.88 bits per heavy atom. The van der Waals surface area contributed by atoms with Gasteiger partial charge in [-0.2, -0.15) is 0 Å². The Bertz CT molecular complexity index is 2040. The summed E-state index contributed by atoms with van der Waals surface area (Å²) < 4.78 is 0. The molecular formula is C41H55N9O14S. The number of carbonyl (C=O) groups is 10. The van der Waals surface area contributed by atoms with Crippen LogP contribution < -0.4 is 48.3 Å². The summed E-state index contributed by atoms with van der Waals surface area (Å²) in [5.41, 5.74) is 6.35. The van der Waals surface area contributed by atoms with Crippen molar-refractivity contribution >= 4 is 70.1 Å². The zero-order valence-corrected chi connectivity index (χ0v) is 36.5. The molecule has 1 saturated heterocycles. The van der Waals surface area contributed by atoms with Crippen molar-refractivity contribution in [1.82, 2.24) is 42.5 Å². The van der Waals surface area contributed by atoms with Crippen molar-refractivity contribution in [3.8, 4) is 5.75 Å². The van der Waals surface area contributed by atoms with Gasteiger partial charge in [-0.3, -0.25) is 47.9 Å². The van der Waals surface area contributed by atoms with Gasteiger partial charge in [0.2, 0.25) is 52.4 Å². The van der Waals surface area contributed by atoms with Crippen LogP contribution in [0.1, 0.15) is 38.3 Å². The number of hydrogen-bond acceptors (Lipinski definition) is 15. The molecule has 23 nitrogen and oxygen atoms in total. The van der Waals surface area contributed by atoms with Gasteiger partial charge in [-0.05, 0) is 36.1 Å². The number of aliphatic carboxylic acids is 1. The number of carbonyl (C=O) groups excluding carboxylic acids is 9. The molecule has 0 spiro atoms. The first kappa shape index (κ1) is 52.7. The zero-order chi connectivity index (χ0) is 48.4. The number of hydrogen-bond donors (Lipinski definition) is 13. The highest BCUT2D eigenvalue weighted by Gasteiger charge is 2.36. The van der Waals surface area contributed by atoms with Gasteiger partial charge in [-0.1, -0.05) is 68.1 Å². The fraction of sp³-hybridized carbons (Fsp3) is 0.463. The van der Waals surface area contributed by atoms with Crippen molar-refractivity contribution in [2.75, 3.05) is 25.5 Å². The van der Waals surface area contributed by atoms with E-state index in [9.17, 15) is 68.4 Å². The molecule has 1 aliphatic heterocycles. The fourth-order valence-corrected chi connectivity index (χ4v) is 7.05. The van der Waals surface area contributed by atoms with Crippen LogP contribution in [-0.2, 0) is 60.8 Å². The first-order valence-electron chi connectivity index (χ1n) is 20.3. The molecule has 0 radical (unpaired) electrons. The molecular weight excluding hydrogens is 875 g/mol. The molecule has 1 aliphatic rings. The summed E-state index contributed by atoms with van der Waals surface area (Å²) in [5.74, 6) is -10.8. The summed E-state index contributed by atoms with van der Waals surface area (Å²) in [7, 11) is 0. The smallest absolute Gasteiger partial charge is 0.305 e. The second-order valence-corrected chi connectivity index (χ2v) is 16.3. The molecule has 1 fully saturated rings. The molecule has 24 heteroatoms. The number of aliphatic hydroxyl groups excluding tert-OH is 2. The number of aromatic hydroxyl groups is 1. The number of carboxylic acids is 1. The number of amides is 8. The van der Waals surface area contributed by atoms with Crippen LogP contribution >= 0.6 is 11.8 Å². The molecule has 0 saturated carbocycles. The third kappa shape index (κ3) is 16.8. The van der Waals surface area contributed by atoms with Crippen LogP contribution in [0.2, 0.25) is 0 Å². The van der Waals surface area contributed by atoms with E-state index in [4.69, 9.17) is 5.73 Å². The Morgan fingerprint density at radius 1 is 0.723 bits per heavy atom. The quantitative estimate of drug-likeness (QED) is 0.0710. The second kappa shape index (κ2) is 25.6. The number of benzene rings is 2. The van der Waals surface area contributed by atoms with Gasteiger partial charge < -0.3 is 68.7 Å². The van der Waals surface area contributed by atoms with E-state index in [1.54, 1.807) is 30.3 Å². The molecule has 0 unspecified atom stereocenters. The van der Waals surface area contributed by atoms with Crippen molar-refractivity contribution in [3.05, 3.63) is 65.7 Å². The van der Waals surface area contributed by atoms with Gasteiger partial charge in [-0.15, -0.1) is 0 Å². The first-order valence-corrected chi connectivity index (χ1v) is 21.3. The Hall–Kier alpha value is -6.63. The van der Waals surface area contributed by atoms with Gasteiger partial charge in [0.25, 0.3) is 0 Å². The Balaban J connectivity index is 1.95. The maximum atomic E-state index is 14.1. The van der Waals surface area contributed by atoms with Crippen molar-refractivity contribution in [2.45, 2.75) is 88.4 Å². The number of rotatable bonds is 17. The van der Waals surface area contributed by atoms with Crippen molar-refractivity contribution < 1.29 is 68.4 Å². The molecule has 14 N–H and O–H groups in total. The molecule has 0 aliphatic carbocycles. The van der Waals surface area contributed by atoms with E-state index in [1.807, 2.05) is 0 Å². The molecule has 0 aromatic heterocycles. The van der Waals surface area contributed by atoms with Crippen molar-refractivity contribution in [3.63, 3.8) is 0 Å². The van der Waals surface area contributed by atoms with Crippen LogP contribution in [0.4, 0.5) is 0 Å². The molecule has 354 valence electrons. The minimum atomic E-state index is -1.77. The first-order chi connectivity index (χ1) is 30.8. The summed E-state index contributed by atoms with van der Waals surface area (Å²) in [4.78, 5) is 132. The van der Waals surface area contributed by atoms with E-state index in [1.165, 1.54) is 45.0 Å². The Morgan fingerprint density at radius 2 is 1.29 bits per heavy atom. The predicted octanol–water partition coefficient (Wildman–Crippen LogP) is -4.58. The minimum absolute atomic E-state index is 0.0612. The van der Waals surface area contributed by atoms with Crippen LogP contribution in [0.5, 0.6) is 5.75 Å². The number of carboxylic acid groups (broad SMARTS) is 1. The maximum Gasteiger partial charge on any atom is 0.305 e. The molecule has 3 rings (SSSR count). The summed E-state index contributed by atoms with van der Waals surface area (Å²) >= 11 is 0.545. The van der Waals surface area contributed by atoms with Crippen LogP contribution in [-0.4, -0.2) is 153 Å².